The molecule has 3 aromatic heterocycles. The monoisotopic (exact) mass is 447 g/mol. The van der Waals surface area contributed by atoms with Crippen LogP contribution in [0.1, 0.15) is 11.1 Å². The zero-order chi connectivity index (χ0) is 22.6. The molecule has 0 spiro atoms. The maximum Gasteiger partial charge on any atom is 0.149 e. The van der Waals surface area contributed by atoms with Gasteiger partial charge in [-0.05, 0) is 59.5 Å². The summed E-state index contributed by atoms with van der Waals surface area (Å²) in [5.74, 6) is 1.55. The van der Waals surface area contributed by atoms with Crippen LogP contribution in [0.4, 0.5) is 11.6 Å². The van der Waals surface area contributed by atoms with Gasteiger partial charge in [0.25, 0.3) is 0 Å². The van der Waals surface area contributed by atoms with Crippen LogP contribution in [0.25, 0.3) is 22.0 Å². The summed E-state index contributed by atoms with van der Waals surface area (Å²) >= 11 is 0. The third-order valence-electron chi connectivity index (χ3n) is 5.18. The number of aromatic nitrogens is 3. The van der Waals surface area contributed by atoms with E-state index in [2.05, 4.69) is 50.7 Å². The van der Waals surface area contributed by atoms with E-state index >= 15 is 0 Å². The highest BCUT2D eigenvalue weighted by atomic mass is 32.2. The second-order valence-corrected chi connectivity index (χ2v) is 9.96. The number of sulfone groups is 1. The number of pyridine rings is 3. The molecule has 8 heteroatoms. The van der Waals surface area contributed by atoms with Crippen molar-refractivity contribution in [3.8, 4) is 11.1 Å². The van der Waals surface area contributed by atoms with Crippen molar-refractivity contribution in [1.29, 1.82) is 0 Å². The molecule has 0 atom stereocenters. The van der Waals surface area contributed by atoms with Crippen LogP contribution in [0.15, 0.2) is 67.1 Å². The quantitative estimate of drug-likeness (QED) is 0.420. The fraction of sp³-hybridized carbons (Fsp3) is 0.208. The molecule has 0 saturated heterocycles. The van der Waals surface area contributed by atoms with Crippen LogP contribution < -0.4 is 10.6 Å². The molecule has 0 saturated carbocycles. The van der Waals surface area contributed by atoms with Gasteiger partial charge < -0.3 is 10.6 Å². The highest BCUT2D eigenvalue weighted by Gasteiger charge is 2.09. The van der Waals surface area contributed by atoms with E-state index in [4.69, 9.17) is 0 Å². The van der Waals surface area contributed by atoms with Gasteiger partial charge in [-0.1, -0.05) is 18.2 Å². The topological polar surface area (TPSA) is 96.9 Å². The van der Waals surface area contributed by atoms with Gasteiger partial charge in [0.2, 0.25) is 0 Å². The minimum absolute atomic E-state index is 0.0764. The molecule has 32 heavy (non-hydrogen) atoms. The number of fused-ring (bicyclic) bond motifs is 1. The lowest BCUT2D eigenvalue weighted by molar-refractivity contribution is 0.602. The van der Waals surface area contributed by atoms with Gasteiger partial charge in [-0.15, -0.1) is 0 Å². The molecule has 4 rings (SSSR count). The molecular formula is C24H25N5O2S. The standard InChI is InChI=1S/C24H25N5O2S/c1-17-21(19-6-7-22-20(14-19)4-3-10-25-22)9-11-27-24(17)29-16-18-5-8-23(28-15-18)26-12-13-32(2,30)31/h3-11,14-15H,12-13,16H2,1-2H3,(H,26,28)(H,27,29). The fourth-order valence-electron chi connectivity index (χ4n) is 3.45. The van der Waals surface area contributed by atoms with Crippen LogP contribution in [-0.2, 0) is 16.4 Å². The molecule has 0 fully saturated rings. The summed E-state index contributed by atoms with van der Waals surface area (Å²) in [6.45, 7) is 2.98. The molecule has 7 nitrogen and oxygen atoms in total. The van der Waals surface area contributed by atoms with Crippen LogP contribution in [0.2, 0.25) is 0 Å². The summed E-state index contributed by atoms with van der Waals surface area (Å²) in [5, 5.41) is 7.52. The molecule has 0 aliphatic carbocycles. The molecule has 0 aliphatic rings. The lowest BCUT2D eigenvalue weighted by Crippen LogP contribution is -2.14. The normalized spacial score (nSPS) is 11.4. The van der Waals surface area contributed by atoms with Gasteiger partial charge in [0.1, 0.15) is 21.5 Å². The number of hydrogen-bond acceptors (Lipinski definition) is 7. The van der Waals surface area contributed by atoms with Crippen molar-refractivity contribution >= 4 is 32.4 Å². The first-order valence-electron chi connectivity index (χ1n) is 10.3. The second kappa shape index (κ2) is 9.32. The van der Waals surface area contributed by atoms with Gasteiger partial charge in [-0.25, -0.2) is 18.4 Å². The fourth-order valence-corrected chi connectivity index (χ4v) is 3.93. The van der Waals surface area contributed by atoms with Gasteiger partial charge >= 0.3 is 0 Å². The molecular weight excluding hydrogens is 422 g/mol. The number of nitrogens with one attached hydrogen (secondary N) is 2. The van der Waals surface area contributed by atoms with Crippen molar-refractivity contribution < 1.29 is 8.42 Å². The molecule has 1 aromatic carbocycles. The summed E-state index contributed by atoms with van der Waals surface area (Å²) in [4.78, 5) is 13.3. The van der Waals surface area contributed by atoms with Gasteiger partial charge in [-0.2, -0.15) is 0 Å². The van der Waals surface area contributed by atoms with E-state index < -0.39 is 9.84 Å². The van der Waals surface area contributed by atoms with E-state index in [0.29, 0.717) is 18.9 Å². The predicted octanol–water partition coefficient (Wildman–Crippen LogP) is 4.07. The minimum Gasteiger partial charge on any atom is -0.369 e. The zero-order valence-corrected chi connectivity index (χ0v) is 18.9. The first kappa shape index (κ1) is 21.7. The Bertz CT molecular complexity index is 1340. The number of hydrogen-bond donors (Lipinski definition) is 2. The van der Waals surface area contributed by atoms with E-state index in [-0.39, 0.29) is 5.75 Å². The molecule has 0 radical (unpaired) electrons. The van der Waals surface area contributed by atoms with Crippen LogP contribution >= 0.6 is 0 Å². The average molecular weight is 448 g/mol. The number of benzene rings is 1. The number of rotatable bonds is 8. The van der Waals surface area contributed by atoms with E-state index in [1.165, 1.54) is 6.26 Å². The van der Waals surface area contributed by atoms with Crippen molar-refractivity contribution in [2.45, 2.75) is 13.5 Å². The third kappa shape index (κ3) is 5.39. The van der Waals surface area contributed by atoms with Crippen LogP contribution in [-0.4, -0.2) is 41.9 Å². The molecule has 164 valence electrons. The van der Waals surface area contributed by atoms with Gasteiger partial charge in [0, 0.05) is 43.3 Å². The Kier molecular flexibility index (Phi) is 6.32. The van der Waals surface area contributed by atoms with Crippen molar-refractivity contribution in [1.82, 2.24) is 15.0 Å². The predicted molar refractivity (Wildman–Crippen MR) is 129 cm³/mol. The Morgan fingerprint density at radius 2 is 1.81 bits per heavy atom. The smallest absolute Gasteiger partial charge is 0.149 e. The lowest BCUT2D eigenvalue weighted by atomic mass is 10.00. The molecule has 0 bridgehead atoms. The highest BCUT2D eigenvalue weighted by molar-refractivity contribution is 7.90. The summed E-state index contributed by atoms with van der Waals surface area (Å²) in [6, 6.07) is 16.1. The van der Waals surface area contributed by atoms with Crippen molar-refractivity contribution in [3.63, 3.8) is 0 Å². The highest BCUT2D eigenvalue weighted by Crippen LogP contribution is 2.29. The zero-order valence-electron chi connectivity index (χ0n) is 18.0. The molecule has 2 N–H and O–H groups in total. The van der Waals surface area contributed by atoms with E-state index in [0.717, 1.165) is 39.0 Å². The lowest BCUT2D eigenvalue weighted by Gasteiger charge is -2.13. The molecule has 4 aromatic rings. The van der Waals surface area contributed by atoms with E-state index in [9.17, 15) is 8.42 Å². The first-order chi connectivity index (χ1) is 15.4. The van der Waals surface area contributed by atoms with Crippen molar-refractivity contribution in [3.05, 3.63) is 78.2 Å². The Balaban J connectivity index is 1.44. The third-order valence-corrected chi connectivity index (χ3v) is 6.13. The average Bonchev–Trinajstić information content (AvgIpc) is 2.78. The van der Waals surface area contributed by atoms with Crippen LogP contribution in [0.5, 0.6) is 0 Å². The second-order valence-electron chi connectivity index (χ2n) is 7.70. The summed E-state index contributed by atoms with van der Waals surface area (Å²) < 4.78 is 22.4. The van der Waals surface area contributed by atoms with Gasteiger partial charge in [-0.3, -0.25) is 4.98 Å². The molecule has 0 aliphatic heterocycles. The largest absolute Gasteiger partial charge is 0.369 e. The van der Waals surface area contributed by atoms with Gasteiger partial charge in [0.05, 0.1) is 11.3 Å². The SMILES string of the molecule is Cc1c(-c2ccc3ncccc3c2)ccnc1NCc1ccc(NCCS(C)(=O)=O)nc1. The summed E-state index contributed by atoms with van der Waals surface area (Å²) in [7, 11) is -2.99. The molecule has 0 amide bonds. The summed E-state index contributed by atoms with van der Waals surface area (Å²) in [5.41, 5.74) is 5.30. The minimum atomic E-state index is -2.99. The Hall–Kier alpha value is -3.52. The van der Waals surface area contributed by atoms with Crippen molar-refractivity contribution in [2.75, 3.05) is 29.2 Å². The molecule has 3 heterocycles. The number of anilines is 2. The van der Waals surface area contributed by atoms with Crippen LogP contribution in [0.3, 0.4) is 0 Å². The Morgan fingerprint density at radius 3 is 2.59 bits per heavy atom. The van der Waals surface area contributed by atoms with E-state index in [1.54, 1.807) is 12.4 Å². The summed E-state index contributed by atoms with van der Waals surface area (Å²) in [6.07, 6.45) is 6.60. The Labute approximate surface area is 187 Å². The number of nitrogens with zero attached hydrogens (tertiary/aromatic N) is 3. The van der Waals surface area contributed by atoms with Crippen molar-refractivity contribution in [2.24, 2.45) is 0 Å². The maximum absolute atomic E-state index is 11.2. The van der Waals surface area contributed by atoms with Crippen LogP contribution in [0, 0.1) is 6.92 Å². The first-order valence-corrected chi connectivity index (χ1v) is 12.4. The maximum atomic E-state index is 11.2. The molecule has 0 unspecified atom stereocenters. The van der Waals surface area contributed by atoms with Gasteiger partial charge in [0.15, 0.2) is 0 Å². The Morgan fingerprint density at radius 1 is 0.938 bits per heavy atom. The van der Waals surface area contributed by atoms with E-state index in [1.807, 2.05) is 36.5 Å².